The third-order valence-electron chi connectivity index (χ3n) is 3.26. The summed E-state index contributed by atoms with van der Waals surface area (Å²) in [6, 6.07) is 7.30. The molecule has 1 aromatic rings. The maximum Gasteiger partial charge on any atom is 0.241 e. The third kappa shape index (κ3) is 4.22. The summed E-state index contributed by atoms with van der Waals surface area (Å²) >= 11 is 1.80. The van der Waals surface area contributed by atoms with Gasteiger partial charge in [0.1, 0.15) is 0 Å². The molecule has 0 aliphatic carbocycles. The molecule has 1 heterocycles. The highest BCUT2D eigenvalue weighted by atomic mass is 32.2. The van der Waals surface area contributed by atoms with Gasteiger partial charge in [0.25, 0.3) is 0 Å². The zero-order valence-electron chi connectivity index (χ0n) is 11.8. The fraction of sp³-hybridized carbons (Fsp3) is 0.571. The minimum atomic E-state index is -3.41. The summed E-state index contributed by atoms with van der Waals surface area (Å²) < 4.78 is 27.8. The summed E-state index contributed by atoms with van der Waals surface area (Å²) in [6.45, 7) is 3.57. The molecule has 0 aromatic heterocycles. The Balaban J connectivity index is 2.13. The number of sulfonamides is 1. The normalized spacial score (nSPS) is 19.4. The van der Waals surface area contributed by atoms with Crippen molar-refractivity contribution < 1.29 is 8.42 Å². The van der Waals surface area contributed by atoms with Crippen LogP contribution in [0.2, 0.25) is 0 Å². The second-order valence-corrected chi connectivity index (χ2v) is 7.80. The van der Waals surface area contributed by atoms with Gasteiger partial charge in [0.05, 0.1) is 4.90 Å². The summed E-state index contributed by atoms with van der Waals surface area (Å²) in [7, 11) is -3.41. The minimum absolute atomic E-state index is 0.0710. The Morgan fingerprint density at radius 3 is 2.85 bits per heavy atom. The lowest BCUT2D eigenvalue weighted by atomic mass is 10.2. The van der Waals surface area contributed by atoms with Gasteiger partial charge in [-0.2, -0.15) is 11.8 Å². The smallest absolute Gasteiger partial charge is 0.241 e. The van der Waals surface area contributed by atoms with Gasteiger partial charge in [-0.15, -0.1) is 0 Å². The molecule has 1 saturated heterocycles. The first-order chi connectivity index (χ1) is 9.63. The highest BCUT2D eigenvalue weighted by Crippen LogP contribution is 2.21. The highest BCUT2D eigenvalue weighted by Gasteiger charge is 2.24. The Morgan fingerprint density at radius 2 is 2.15 bits per heavy atom. The fourth-order valence-corrected chi connectivity index (χ4v) is 4.99. The zero-order chi connectivity index (χ0) is 14.4. The average molecular weight is 314 g/mol. The Kier molecular flexibility index (Phi) is 5.89. The number of hydrogen-bond acceptors (Lipinski definition) is 4. The molecular weight excluding hydrogens is 292 g/mol. The van der Waals surface area contributed by atoms with Crippen LogP contribution in [-0.4, -0.2) is 32.5 Å². The van der Waals surface area contributed by atoms with Crippen molar-refractivity contribution in [1.82, 2.24) is 10.0 Å². The van der Waals surface area contributed by atoms with Crippen LogP contribution < -0.4 is 10.0 Å². The molecule has 0 amide bonds. The van der Waals surface area contributed by atoms with Gasteiger partial charge >= 0.3 is 0 Å². The van der Waals surface area contributed by atoms with E-state index in [9.17, 15) is 8.42 Å². The van der Waals surface area contributed by atoms with Crippen LogP contribution in [0.25, 0.3) is 0 Å². The third-order valence-corrected chi connectivity index (χ3v) is 6.04. The molecule has 0 bridgehead atoms. The van der Waals surface area contributed by atoms with Crippen molar-refractivity contribution in [3.05, 3.63) is 29.8 Å². The van der Waals surface area contributed by atoms with Crippen LogP contribution in [0.15, 0.2) is 29.2 Å². The molecule has 112 valence electrons. The lowest BCUT2D eigenvalue weighted by Gasteiger charge is -2.15. The minimum Gasteiger partial charge on any atom is -0.313 e. The van der Waals surface area contributed by atoms with E-state index in [1.165, 1.54) is 0 Å². The van der Waals surface area contributed by atoms with Crippen molar-refractivity contribution in [2.45, 2.75) is 37.2 Å². The average Bonchev–Trinajstić information content (AvgIpc) is 2.91. The molecule has 2 rings (SSSR count). The number of thioether (sulfide) groups is 1. The van der Waals surface area contributed by atoms with Crippen LogP contribution in [0.4, 0.5) is 0 Å². The topological polar surface area (TPSA) is 58.2 Å². The SMILES string of the molecule is CCCNCc1ccccc1S(=O)(=O)NC1CCSC1. The zero-order valence-corrected chi connectivity index (χ0v) is 13.4. The van der Waals surface area contributed by atoms with Gasteiger partial charge in [-0.25, -0.2) is 13.1 Å². The number of hydrogen-bond donors (Lipinski definition) is 2. The van der Waals surface area contributed by atoms with Gasteiger partial charge < -0.3 is 5.32 Å². The van der Waals surface area contributed by atoms with E-state index in [1.807, 2.05) is 12.1 Å². The summed E-state index contributed by atoms with van der Waals surface area (Å²) in [5.74, 6) is 1.91. The van der Waals surface area contributed by atoms with Gasteiger partial charge in [0.2, 0.25) is 10.0 Å². The fourth-order valence-electron chi connectivity index (χ4n) is 2.22. The van der Waals surface area contributed by atoms with E-state index in [0.717, 1.165) is 36.5 Å². The molecule has 1 aliphatic rings. The van der Waals surface area contributed by atoms with E-state index >= 15 is 0 Å². The van der Waals surface area contributed by atoms with Crippen LogP contribution in [-0.2, 0) is 16.6 Å². The molecule has 4 nitrogen and oxygen atoms in total. The van der Waals surface area contributed by atoms with Gasteiger partial charge in [0.15, 0.2) is 0 Å². The lowest BCUT2D eigenvalue weighted by molar-refractivity contribution is 0.560. The quantitative estimate of drug-likeness (QED) is 0.756. The van der Waals surface area contributed by atoms with Gasteiger partial charge in [0, 0.05) is 18.3 Å². The van der Waals surface area contributed by atoms with E-state index in [-0.39, 0.29) is 6.04 Å². The monoisotopic (exact) mass is 314 g/mol. The van der Waals surface area contributed by atoms with E-state index in [4.69, 9.17) is 0 Å². The second kappa shape index (κ2) is 7.45. The first-order valence-corrected chi connectivity index (χ1v) is 9.66. The largest absolute Gasteiger partial charge is 0.313 e. The molecule has 1 fully saturated rings. The van der Waals surface area contributed by atoms with E-state index in [2.05, 4.69) is 17.0 Å². The van der Waals surface area contributed by atoms with E-state index in [0.29, 0.717) is 11.4 Å². The summed E-state index contributed by atoms with van der Waals surface area (Å²) in [5.41, 5.74) is 0.833. The van der Waals surface area contributed by atoms with Crippen LogP contribution >= 0.6 is 11.8 Å². The standard InChI is InChI=1S/C14H22N2O2S2/c1-2-8-15-10-12-5-3-4-6-14(12)20(17,18)16-13-7-9-19-11-13/h3-6,13,15-16H,2,7-11H2,1H3. The second-order valence-electron chi connectivity index (χ2n) is 4.97. The molecule has 2 N–H and O–H groups in total. The maximum atomic E-state index is 12.5. The van der Waals surface area contributed by atoms with Crippen molar-refractivity contribution in [1.29, 1.82) is 0 Å². The van der Waals surface area contributed by atoms with Crippen molar-refractivity contribution in [2.75, 3.05) is 18.1 Å². The van der Waals surface area contributed by atoms with Crippen molar-refractivity contribution in [3.8, 4) is 0 Å². The molecule has 1 aliphatic heterocycles. The number of rotatable bonds is 7. The predicted octanol–water partition coefficient (Wildman–Crippen LogP) is 1.97. The molecule has 6 heteroatoms. The van der Waals surface area contributed by atoms with Gasteiger partial charge in [-0.1, -0.05) is 25.1 Å². The highest BCUT2D eigenvalue weighted by molar-refractivity contribution is 7.99. The van der Waals surface area contributed by atoms with Crippen LogP contribution in [0.5, 0.6) is 0 Å². The van der Waals surface area contributed by atoms with Crippen LogP contribution in [0.3, 0.4) is 0 Å². The number of nitrogens with one attached hydrogen (secondary N) is 2. The van der Waals surface area contributed by atoms with E-state index in [1.54, 1.807) is 23.9 Å². The van der Waals surface area contributed by atoms with Crippen LogP contribution in [0.1, 0.15) is 25.3 Å². The summed E-state index contributed by atoms with van der Waals surface area (Å²) in [5, 5.41) is 3.26. The molecule has 1 atom stereocenters. The predicted molar refractivity (Wildman–Crippen MR) is 84.5 cm³/mol. The Labute approximate surface area is 125 Å². The Bertz CT molecular complexity index is 526. The van der Waals surface area contributed by atoms with Crippen molar-refractivity contribution >= 4 is 21.8 Å². The van der Waals surface area contributed by atoms with Crippen molar-refractivity contribution in [2.24, 2.45) is 0 Å². The molecule has 0 saturated carbocycles. The van der Waals surface area contributed by atoms with Gasteiger partial charge in [-0.3, -0.25) is 0 Å². The van der Waals surface area contributed by atoms with Crippen LogP contribution in [0, 0.1) is 0 Å². The first kappa shape index (κ1) is 15.8. The first-order valence-electron chi connectivity index (χ1n) is 7.02. The summed E-state index contributed by atoms with van der Waals surface area (Å²) in [6.07, 6.45) is 1.95. The van der Waals surface area contributed by atoms with E-state index < -0.39 is 10.0 Å². The summed E-state index contributed by atoms with van der Waals surface area (Å²) in [4.78, 5) is 0.403. The molecular formula is C14H22N2O2S2. The Morgan fingerprint density at radius 1 is 1.35 bits per heavy atom. The molecule has 0 spiro atoms. The molecule has 1 unspecified atom stereocenters. The molecule has 20 heavy (non-hydrogen) atoms. The number of benzene rings is 1. The Hall–Kier alpha value is -0.560. The van der Waals surface area contributed by atoms with Gasteiger partial charge in [-0.05, 0) is 36.8 Å². The lowest BCUT2D eigenvalue weighted by Crippen LogP contribution is -2.35. The molecule has 1 aromatic carbocycles. The maximum absolute atomic E-state index is 12.5. The van der Waals surface area contributed by atoms with Crippen molar-refractivity contribution in [3.63, 3.8) is 0 Å². The molecule has 0 radical (unpaired) electrons.